The van der Waals surface area contributed by atoms with Crippen LogP contribution < -0.4 is 4.74 Å². The Kier molecular flexibility index (Phi) is 5.24. The van der Waals surface area contributed by atoms with Gasteiger partial charge in [-0.15, -0.1) is 0 Å². The molecule has 0 spiro atoms. The highest BCUT2D eigenvalue weighted by Crippen LogP contribution is 2.28. The van der Waals surface area contributed by atoms with Crippen molar-refractivity contribution in [3.63, 3.8) is 0 Å². The van der Waals surface area contributed by atoms with Gasteiger partial charge in [-0.1, -0.05) is 23.7 Å². The van der Waals surface area contributed by atoms with Gasteiger partial charge < -0.3 is 14.9 Å². The molecule has 0 aromatic heterocycles. The third-order valence-electron chi connectivity index (χ3n) is 3.20. The predicted molar refractivity (Wildman–Crippen MR) is 85.7 cm³/mol. The van der Waals surface area contributed by atoms with Gasteiger partial charge in [0.25, 0.3) is 0 Å². The zero-order valence-electron chi connectivity index (χ0n) is 12.4. The van der Waals surface area contributed by atoms with Gasteiger partial charge in [0.15, 0.2) is 5.78 Å². The number of aromatic hydroxyl groups is 1. The Morgan fingerprint density at radius 2 is 1.83 bits per heavy atom. The van der Waals surface area contributed by atoms with E-state index in [9.17, 15) is 14.7 Å². The summed E-state index contributed by atoms with van der Waals surface area (Å²) in [7, 11) is 0. The number of Topliss-reactive ketones (excluding diaryl/α,β-unsaturated/α-hetero) is 1. The van der Waals surface area contributed by atoms with Gasteiger partial charge in [0.05, 0.1) is 11.6 Å². The molecule has 23 heavy (non-hydrogen) atoms. The van der Waals surface area contributed by atoms with E-state index in [1.165, 1.54) is 6.07 Å². The summed E-state index contributed by atoms with van der Waals surface area (Å²) in [4.78, 5) is 23.2. The molecule has 0 aliphatic carbocycles. The van der Waals surface area contributed by atoms with Crippen molar-refractivity contribution in [3.05, 3.63) is 58.1 Å². The van der Waals surface area contributed by atoms with E-state index in [0.29, 0.717) is 6.61 Å². The van der Waals surface area contributed by atoms with Crippen molar-refractivity contribution in [3.8, 4) is 11.5 Å². The van der Waals surface area contributed by atoms with Gasteiger partial charge in [-0.3, -0.25) is 4.79 Å². The molecule has 0 bridgehead atoms. The number of ether oxygens (including phenoxy) is 1. The third-order valence-corrected chi connectivity index (χ3v) is 3.50. The maximum absolute atomic E-state index is 12.3. The lowest BCUT2D eigenvalue weighted by molar-refractivity contribution is 0.0693. The summed E-state index contributed by atoms with van der Waals surface area (Å²) < 4.78 is 5.33. The molecule has 0 saturated heterocycles. The summed E-state index contributed by atoms with van der Waals surface area (Å²) in [5.74, 6) is -1.43. The minimum Gasteiger partial charge on any atom is -0.507 e. The molecule has 0 radical (unpaired) electrons. The Balaban J connectivity index is 2.19. The standard InChI is InChI=1S/C17H15ClO5/c1-2-23-12-5-3-10(4-6-12)7-14(19)11-8-13(18)16(17(21)22)15(20)9-11/h3-6,8-9,20H,2,7H2,1H3,(H,21,22). The first-order valence-corrected chi connectivity index (χ1v) is 7.31. The molecule has 0 fully saturated rings. The van der Waals surface area contributed by atoms with Gasteiger partial charge >= 0.3 is 5.97 Å². The largest absolute Gasteiger partial charge is 0.507 e. The Hall–Kier alpha value is -2.53. The van der Waals surface area contributed by atoms with Crippen molar-refractivity contribution in [2.24, 2.45) is 0 Å². The average molecular weight is 335 g/mol. The van der Waals surface area contributed by atoms with Gasteiger partial charge in [-0.2, -0.15) is 0 Å². The summed E-state index contributed by atoms with van der Waals surface area (Å²) >= 11 is 5.82. The Morgan fingerprint density at radius 3 is 2.35 bits per heavy atom. The molecule has 2 N–H and O–H groups in total. The highest BCUT2D eigenvalue weighted by molar-refractivity contribution is 6.34. The Morgan fingerprint density at radius 1 is 1.17 bits per heavy atom. The van der Waals surface area contributed by atoms with Crippen LogP contribution >= 0.6 is 11.6 Å². The van der Waals surface area contributed by atoms with Crippen LogP contribution in [0.15, 0.2) is 36.4 Å². The molecule has 5 nitrogen and oxygen atoms in total. The van der Waals surface area contributed by atoms with Gasteiger partial charge in [0.1, 0.15) is 17.1 Å². The lowest BCUT2D eigenvalue weighted by atomic mass is 10.0. The molecule has 2 aromatic rings. The van der Waals surface area contributed by atoms with Crippen molar-refractivity contribution in [2.45, 2.75) is 13.3 Å². The topological polar surface area (TPSA) is 83.8 Å². The van der Waals surface area contributed by atoms with Crippen molar-refractivity contribution in [1.29, 1.82) is 0 Å². The lowest BCUT2D eigenvalue weighted by Gasteiger charge is -2.07. The summed E-state index contributed by atoms with van der Waals surface area (Å²) in [6.07, 6.45) is 0.106. The van der Waals surface area contributed by atoms with Crippen LogP contribution in [0.5, 0.6) is 11.5 Å². The zero-order valence-corrected chi connectivity index (χ0v) is 13.1. The summed E-state index contributed by atoms with van der Waals surface area (Å²) in [6.45, 7) is 2.44. The lowest BCUT2D eigenvalue weighted by Crippen LogP contribution is -2.06. The van der Waals surface area contributed by atoms with Crippen LogP contribution in [0.25, 0.3) is 0 Å². The van der Waals surface area contributed by atoms with Crippen LogP contribution in [0.2, 0.25) is 5.02 Å². The van der Waals surface area contributed by atoms with Crippen LogP contribution in [0.3, 0.4) is 0 Å². The number of ketones is 1. The first kappa shape index (κ1) is 16.8. The number of carboxylic acids is 1. The second-order valence-electron chi connectivity index (χ2n) is 4.83. The number of carboxylic acid groups (broad SMARTS) is 1. The smallest absolute Gasteiger partial charge is 0.341 e. The van der Waals surface area contributed by atoms with Gasteiger partial charge in [-0.25, -0.2) is 4.79 Å². The highest BCUT2D eigenvalue weighted by atomic mass is 35.5. The molecule has 0 aliphatic rings. The molecule has 0 unspecified atom stereocenters. The minimum absolute atomic E-state index is 0.106. The van der Waals surface area contributed by atoms with Crippen LogP contribution in [0.4, 0.5) is 0 Å². The molecule has 0 aliphatic heterocycles. The van der Waals surface area contributed by atoms with E-state index in [0.717, 1.165) is 17.4 Å². The zero-order chi connectivity index (χ0) is 17.0. The molecule has 2 aromatic carbocycles. The monoisotopic (exact) mass is 334 g/mol. The molecule has 0 amide bonds. The molecular weight excluding hydrogens is 320 g/mol. The van der Waals surface area contributed by atoms with Crippen LogP contribution in [0, 0.1) is 0 Å². The number of hydrogen-bond acceptors (Lipinski definition) is 4. The summed E-state index contributed by atoms with van der Waals surface area (Å²) in [5.41, 5.74) is 0.520. The van der Waals surface area contributed by atoms with Crippen molar-refractivity contribution in [2.75, 3.05) is 6.61 Å². The molecule has 0 saturated carbocycles. The van der Waals surface area contributed by atoms with Crippen molar-refractivity contribution >= 4 is 23.4 Å². The maximum atomic E-state index is 12.3. The molecule has 120 valence electrons. The van der Waals surface area contributed by atoms with Gasteiger partial charge in [0.2, 0.25) is 0 Å². The van der Waals surface area contributed by atoms with E-state index < -0.39 is 17.3 Å². The van der Waals surface area contributed by atoms with E-state index in [2.05, 4.69) is 0 Å². The van der Waals surface area contributed by atoms with Crippen molar-refractivity contribution < 1.29 is 24.5 Å². The highest BCUT2D eigenvalue weighted by Gasteiger charge is 2.18. The second-order valence-corrected chi connectivity index (χ2v) is 5.24. The maximum Gasteiger partial charge on any atom is 0.341 e. The number of carbonyl (C=O) groups excluding carboxylic acids is 1. The molecule has 6 heteroatoms. The van der Waals surface area contributed by atoms with E-state index in [4.69, 9.17) is 21.4 Å². The van der Waals surface area contributed by atoms with E-state index in [-0.39, 0.29) is 22.8 Å². The van der Waals surface area contributed by atoms with Gasteiger partial charge in [0, 0.05) is 12.0 Å². The molecule has 2 rings (SSSR count). The number of hydrogen-bond donors (Lipinski definition) is 2. The van der Waals surface area contributed by atoms with Crippen LogP contribution in [-0.4, -0.2) is 28.6 Å². The normalized spacial score (nSPS) is 10.3. The van der Waals surface area contributed by atoms with E-state index >= 15 is 0 Å². The van der Waals surface area contributed by atoms with Crippen LogP contribution in [0.1, 0.15) is 33.2 Å². The minimum atomic E-state index is -1.35. The average Bonchev–Trinajstić information content (AvgIpc) is 2.48. The van der Waals surface area contributed by atoms with E-state index in [1.807, 2.05) is 6.92 Å². The summed E-state index contributed by atoms with van der Waals surface area (Å²) in [5, 5.41) is 18.5. The Labute approximate surface area is 138 Å². The second kappa shape index (κ2) is 7.15. The predicted octanol–water partition coefficient (Wildman–Crippen LogP) is 3.57. The fraction of sp³-hybridized carbons (Fsp3) is 0.176. The number of halogens is 1. The van der Waals surface area contributed by atoms with Crippen LogP contribution in [-0.2, 0) is 6.42 Å². The molecular formula is C17H15ClO5. The third kappa shape index (κ3) is 4.02. The SMILES string of the molecule is CCOc1ccc(CC(=O)c2cc(O)c(C(=O)O)c(Cl)c2)cc1. The summed E-state index contributed by atoms with van der Waals surface area (Å²) in [6, 6.07) is 9.45. The fourth-order valence-corrected chi connectivity index (χ4v) is 2.42. The Bertz CT molecular complexity index is 714. The van der Waals surface area contributed by atoms with Crippen molar-refractivity contribution in [1.82, 2.24) is 0 Å². The molecule has 0 heterocycles. The van der Waals surface area contributed by atoms with Gasteiger partial charge in [-0.05, 0) is 36.8 Å². The number of carbonyl (C=O) groups is 2. The first-order chi connectivity index (χ1) is 10.9. The fourth-order valence-electron chi connectivity index (χ4n) is 2.12. The molecule has 0 atom stereocenters. The first-order valence-electron chi connectivity index (χ1n) is 6.93. The number of phenols is 1. The number of rotatable bonds is 6. The number of aromatic carboxylic acids is 1. The number of benzene rings is 2. The quantitative estimate of drug-likeness (QED) is 0.789. The van der Waals surface area contributed by atoms with E-state index in [1.54, 1.807) is 24.3 Å².